The predicted molar refractivity (Wildman–Crippen MR) is 96.8 cm³/mol. The molecule has 0 aliphatic heterocycles. The number of carbonyl (C=O) groups is 1. The van der Waals surface area contributed by atoms with Gasteiger partial charge in [-0.15, -0.1) is 0 Å². The van der Waals surface area contributed by atoms with Gasteiger partial charge in [0.15, 0.2) is 11.2 Å². The highest BCUT2D eigenvalue weighted by Crippen LogP contribution is 2.23. The van der Waals surface area contributed by atoms with E-state index in [2.05, 4.69) is 10.3 Å². The number of halogens is 1. The number of imidazole rings is 1. The molecule has 10 heteroatoms. The molecule has 0 bridgehead atoms. The van der Waals surface area contributed by atoms with Crippen molar-refractivity contribution in [2.75, 3.05) is 12.4 Å². The van der Waals surface area contributed by atoms with Crippen LogP contribution in [0.2, 0.25) is 5.28 Å². The van der Waals surface area contributed by atoms with Crippen LogP contribution in [0.4, 0.5) is 5.69 Å². The zero-order chi connectivity index (χ0) is 19.0. The second kappa shape index (κ2) is 6.68. The number of fused-ring (bicyclic) bond motifs is 1. The number of nitrogens with zero attached hydrogens (tertiary/aromatic N) is 4. The smallest absolute Gasteiger partial charge is 0.332 e. The Bertz CT molecular complexity index is 1130. The number of ether oxygens (including phenoxy) is 1. The van der Waals surface area contributed by atoms with Crippen LogP contribution >= 0.6 is 11.6 Å². The van der Waals surface area contributed by atoms with E-state index >= 15 is 0 Å². The molecule has 2 aromatic heterocycles. The summed E-state index contributed by atoms with van der Waals surface area (Å²) >= 11 is 6.11. The topological polar surface area (TPSA) is 100 Å². The summed E-state index contributed by atoms with van der Waals surface area (Å²) in [6, 6.07) is 6.93. The summed E-state index contributed by atoms with van der Waals surface area (Å²) in [6.07, 6.45) is 0. The molecule has 2 heterocycles. The summed E-state index contributed by atoms with van der Waals surface area (Å²) in [5.41, 5.74) is -0.418. The van der Waals surface area contributed by atoms with Gasteiger partial charge in [-0.1, -0.05) is 12.1 Å². The van der Waals surface area contributed by atoms with Crippen molar-refractivity contribution in [1.82, 2.24) is 18.7 Å². The van der Waals surface area contributed by atoms with Gasteiger partial charge in [-0.2, -0.15) is 4.98 Å². The Morgan fingerprint density at radius 1 is 1.23 bits per heavy atom. The Labute approximate surface area is 152 Å². The number of methoxy groups -OCH3 is 1. The molecule has 0 atom stereocenters. The first kappa shape index (κ1) is 17.7. The van der Waals surface area contributed by atoms with Crippen LogP contribution in [0.15, 0.2) is 33.9 Å². The first-order chi connectivity index (χ1) is 12.3. The number of nitrogens with one attached hydrogen (secondary N) is 1. The molecular weight excluding hydrogens is 362 g/mol. The van der Waals surface area contributed by atoms with Crippen molar-refractivity contribution in [3.05, 3.63) is 50.4 Å². The van der Waals surface area contributed by atoms with Gasteiger partial charge < -0.3 is 10.1 Å². The lowest BCUT2D eigenvalue weighted by atomic mass is 10.3. The molecule has 26 heavy (non-hydrogen) atoms. The Balaban J connectivity index is 2.02. The average molecular weight is 378 g/mol. The number of aryl methyl sites for hydroxylation is 1. The minimum Gasteiger partial charge on any atom is -0.495 e. The van der Waals surface area contributed by atoms with E-state index < -0.39 is 17.2 Å². The van der Waals surface area contributed by atoms with E-state index in [1.807, 2.05) is 0 Å². The second-order valence-corrected chi connectivity index (χ2v) is 5.93. The van der Waals surface area contributed by atoms with Crippen molar-refractivity contribution in [2.45, 2.75) is 6.54 Å². The molecule has 136 valence electrons. The maximum Gasteiger partial charge on any atom is 0.332 e. The number of hydrogen-bond acceptors (Lipinski definition) is 5. The highest BCUT2D eigenvalue weighted by molar-refractivity contribution is 6.29. The highest BCUT2D eigenvalue weighted by atomic mass is 35.5. The van der Waals surface area contributed by atoms with Gasteiger partial charge in [-0.05, 0) is 23.7 Å². The molecule has 3 rings (SSSR count). The third-order valence-corrected chi connectivity index (χ3v) is 4.27. The van der Waals surface area contributed by atoms with Gasteiger partial charge in [-0.3, -0.25) is 23.3 Å². The second-order valence-electron chi connectivity index (χ2n) is 5.59. The van der Waals surface area contributed by atoms with E-state index in [4.69, 9.17) is 16.3 Å². The zero-order valence-corrected chi connectivity index (χ0v) is 15.1. The van der Waals surface area contributed by atoms with Crippen molar-refractivity contribution < 1.29 is 9.53 Å². The summed E-state index contributed by atoms with van der Waals surface area (Å²) < 4.78 is 8.60. The number of anilines is 1. The van der Waals surface area contributed by atoms with Gasteiger partial charge in [0.2, 0.25) is 11.2 Å². The van der Waals surface area contributed by atoms with Crippen molar-refractivity contribution in [1.29, 1.82) is 0 Å². The number of para-hydroxylation sites is 2. The van der Waals surface area contributed by atoms with Crippen LogP contribution in [-0.4, -0.2) is 31.7 Å². The first-order valence-electron chi connectivity index (χ1n) is 7.59. The highest BCUT2D eigenvalue weighted by Gasteiger charge is 2.20. The van der Waals surface area contributed by atoms with E-state index in [9.17, 15) is 14.4 Å². The molecule has 1 N–H and O–H groups in total. The van der Waals surface area contributed by atoms with Crippen LogP contribution in [0.25, 0.3) is 11.2 Å². The fourth-order valence-electron chi connectivity index (χ4n) is 2.65. The maximum absolute atomic E-state index is 12.5. The van der Waals surface area contributed by atoms with Gasteiger partial charge in [0.1, 0.15) is 12.3 Å². The molecule has 0 spiro atoms. The number of carbonyl (C=O) groups excluding carboxylic acids is 1. The normalized spacial score (nSPS) is 10.9. The summed E-state index contributed by atoms with van der Waals surface area (Å²) in [5.74, 6) is 0.0763. The lowest BCUT2D eigenvalue weighted by Crippen LogP contribution is -2.37. The third-order valence-electron chi connectivity index (χ3n) is 3.98. The molecule has 0 saturated heterocycles. The number of rotatable bonds is 4. The Kier molecular flexibility index (Phi) is 4.56. The van der Waals surface area contributed by atoms with Crippen LogP contribution in [0.5, 0.6) is 5.75 Å². The largest absolute Gasteiger partial charge is 0.495 e. The molecule has 1 aromatic carbocycles. The Morgan fingerprint density at radius 3 is 2.62 bits per heavy atom. The minimum atomic E-state index is -0.576. The molecule has 0 saturated carbocycles. The van der Waals surface area contributed by atoms with Gasteiger partial charge >= 0.3 is 5.69 Å². The molecule has 0 unspecified atom stereocenters. The maximum atomic E-state index is 12.5. The minimum absolute atomic E-state index is 0.0616. The van der Waals surface area contributed by atoms with E-state index in [0.717, 1.165) is 4.57 Å². The quantitative estimate of drug-likeness (QED) is 0.676. The Morgan fingerprint density at radius 2 is 1.92 bits per heavy atom. The molecule has 0 aliphatic carbocycles. The number of amides is 1. The lowest BCUT2D eigenvalue weighted by Gasteiger charge is -2.11. The molecule has 0 fully saturated rings. The molecule has 0 radical (unpaired) electrons. The first-order valence-corrected chi connectivity index (χ1v) is 7.97. The van der Waals surface area contributed by atoms with E-state index in [1.165, 1.54) is 30.3 Å². The third kappa shape index (κ3) is 2.86. The molecule has 0 aliphatic rings. The molecule has 3 aromatic rings. The SMILES string of the molecule is COc1ccccc1NC(=O)Cn1c(Cl)nc2c1c(=O)n(C)c(=O)n2C. The predicted octanol–water partition coefficient (Wildman–Crippen LogP) is 0.734. The average Bonchev–Trinajstić information content (AvgIpc) is 2.95. The van der Waals surface area contributed by atoms with Crippen molar-refractivity contribution >= 4 is 34.4 Å². The van der Waals surface area contributed by atoms with Crippen LogP contribution < -0.4 is 21.3 Å². The summed E-state index contributed by atoms with van der Waals surface area (Å²) in [6.45, 7) is -0.249. The van der Waals surface area contributed by atoms with Crippen LogP contribution in [0.1, 0.15) is 0 Å². The monoisotopic (exact) mass is 377 g/mol. The van der Waals surface area contributed by atoms with Crippen LogP contribution in [0.3, 0.4) is 0 Å². The number of benzene rings is 1. The lowest BCUT2D eigenvalue weighted by molar-refractivity contribution is -0.116. The number of hydrogen-bond donors (Lipinski definition) is 1. The summed E-state index contributed by atoms with van der Waals surface area (Å²) in [5, 5.41) is 2.64. The number of aromatic nitrogens is 4. The fourth-order valence-corrected chi connectivity index (χ4v) is 2.87. The summed E-state index contributed by atoms with van der Waals surface area (Å²) in [7, 11) is 4.33. The molecule has 9 nitrogen and oxygen atoms in total. The van der Waals surface area contributed by atoms with Gasteiger partial charge in [-0.25, -0.2) is 4.79 Å². The van der Waals surface area contributed by atoms with Crippen molar-refractivity contribution in [3.8, 4) is 5.75 Å². The van der Waals surface area contributed by atoms with Crippen LogP contribution in [0, 0.1) is 0 Å². The van der Waals surface area contributed by atoms with Crippen LogP contribution in [-0.2, 0) is 25.4 Å². The van der Waals surface area contributed by atoms with E-state index in [0.29, 0.717) is 11.4 Å². The molecular formula is C16H16ClN5O4. The Hall–Kier alpha value is -3.07. The van der Waals surface area contributed by atoms with Crippen molar-refractivity contribution in [3.63, 3.8) is 0 Å². The molecule has 1 amide bonds. The standard InChI is InChI=1S/C16H16ClN5O4/c1-20-13-12(14(24)21(2)16(20)25)22(15(17)19-13)8-11(23)18-9-6-4-5-7-10(9)26-3/h4-7H,8H2,1-3H3,(H,18,23). The van der Waals surface area contributed by atoms with Gasteiger partial charge in [0.25, 0.3) is 5.56 Å². The zero-order valence-electron chi connectivity index (χ0n) is 14.3. The van der Waals surface area contributed by atoms with Crippen molar-refractivity contribution in [2.24, 2.45) is 14.1 Å². The van der Waals surface area contributed by atoms with E-state index in [1.54, 1.807) is 24.3 Å². The van der Waals surface area contributed by atoms with Gasteiger partial charge in [0.05, 0.1) is 12.8 Å². The van der Waals surface area contributed by atoms with Gasteiger partial charge in [0, 0.05) is 14.1 Å². The van der Waals surface area contributed by atoms with E-state index in [-0.39, 0.29) is 23.0 Å². The fraction of sp³-hybridized carbons (Fsp3) is 0.250. The summed E-state index contributed by atoms with van der Waals surface area (Å²) in [4.78, 5) is 40.9.